The number of benzene rings is 4. The molecule has 2 N–H and O–H groups in total. The summed E-state index contributed by atoms with van der Waals surface area (Å²) in [6.07, 6.45) is 0. The molecule has 0 fully saturated rings. The van der Waals surface area contributed by atoms with E-state index in [1.165, 1.54) is 0 Å². The molecule has 0 aliphatic heterocycles. The summed E-state index contributed by atoms with van der Waals surface area (Å²) in [7, 11) is 3.33. The number of nitrogens with zero attached hydrogens (tertiary/aromatic N) is 1. The van der Waals surface area contributed by atoms with Gasteiger partial charge in [0.05, 0.1) is 27.4 Å². The lowest BCUT2D eigenvalue weighted by atomic mass is 9.91. The number of esters is 1. The van der Waals surface area contributed by atoms with E-state index in [0.717, 1.165) is 44.2 Å². The first-order valence-electron chi connectivity index (χ1n) is 11.2. The topological polar surface area (TPSA) is 83.1 Å². The Morgan fingerprint density at radius 1 is 0.853 bits per heavy atom. The maximum Gasteiger partial charge on any atom is 0.357 e. The van der Waals surface area contributed by atoms with Gasteiger partial charge < -0.3 is 19.9 Å². The fourth-order valence-corrected chi connectivity index (χ4v) is 4.21. The Labute approximate surface area is 199 Å². The molecule has 4 aromatic rings. The number of rotatable bonds is 8. The highest BCUT2D eigenvalue weighted by molar-refractivity contribution is 6.43. The van der Waals surface area contributed by atoms with E-state index in [-0.39, 0.29) is 12.3 Å². The van der Waals surface area contributed by atoms with Crippen molar-refractivity contribution in [1.29, 1.82) is 0 Å². The van der Waals surface area contributed by atoms with Crippen LogP contribution in [0.3, 0.4) is 0 Å². The second-order valence-corrected chi connectivity index (χ2v) is 7.68. The lowest BCUT2D eigenvalue weighted by Crippen LogP contribution is -2.20. The summed E-state index contributed by atoms with van der Waals surface area (Å²) >= 11 is 0. The molecule has 0 aromatic heterocycles. The first kappa shape index (κ1) is 23.3. The van der Waals surface area contributed by atoms with E-state index in [1.807, 2.05) is 54.6 Å². The Kier molecular flexibility index (Phi) is 7.09. The SMILES string of the molecule is CCOC(=O)C(=NCCN)c1ccc2c(-c3c(OC)ccc4ccccc34)c(OC)ccc2c1. The molecular formula is C28H28N2O4. The van der Waals surface area contributed by atoms with E-state index in [9.17, 15) is 4.79 Å². The smallest absolute Gasteiger partial charge is 0.357 e. The van der Waals surface area contributed by atoms with Gasteiger partial charge in [-0.15, -0.1) is 0 Å². The molecule has 0 bridgehead atoms. The van der Waals surface area contributed by atoms with Gasteiger partial charge >= 0.3 is 5.97 Å². The monoisotopic (exact) mass is 456 g/mol. The summed E-state index contributed by atoms with van der Waals surface area (Å²) in [4.78, 5) is 17.0. The summed E-state index contributed by atoms with van der Waals surface area (Å²) in [5, 5.41) is 4.08. The number of carbonyl (C=O) groups is 1. The Bertz CT molecular complexity index is 1380. The number of fused-ring (bicyclic) bond motifs is 2. The molecule has 0 amide bonds. The average molecular weight is 457 g/mol. The number of carbonyl (C=O) groups excluding carboxylic acids is 1. The Morgan fingerprint density at radius 3 is 2.15 bits per heavy atom. The van der Waals surface area contributed by atoms with E-state index >= 15 is 0 Å². The summed E-state index contributed by atoms with van der Waals surface area (Å²) in [6, 6.07) is 21.9. The normalized spacial score (nSPS) is 11.6. The summed E-state index contributed by atoms with van der Waals surface area (Å²) in [6.45, 7) is 2.73. The Balaban J connectivity index is 1.98. The van der Waals surface area contributed by atoms with Crippen molar-refractivity contribution in [2.24, 2.45) is 10.7 Å². The molecule has 0 unspecified atom stereocenters. The lowest BCUT2D eigenvalue weighted by molar-refractivity contribution is -0.134. The number of ether oxygens (including phenoxy) is 3. The predicted molar refractivity (Wildman–Crippen MR) is 137 cm³/mol. The molecule has 0 radical (unpaired) electrons. The lowest BCUT2D eigenvalue weighted by Gasteiger charge is -2.18. The van der Waals surface area contributed by atoms with Crippen LogP contribution < -0.4 is 15.2 Å². The first-order chi connectivity index (χ1) is 16.6. The first-order valence-corrected chi connectivity index (χ1v) is 11.2. The zero-order chi connectivity index (χ0) is 24.1. The molecule has 6 nitrogen and oxygen atoms in total. The van der Waals surface area contributed by atoms with Crippen LogP contribution >= 0.6 is 0 Å². The second-order valence-electron chi connectivity index (χ2n) is 7.68. The highest BCUT2D eigenvalue weighted by Gasteiger charge is 2.20. The quantitative estimate of drug-likeness (QED) is 0.298. The minimum atomic E-state index is -0.459. The van der Waals surface area contributed by atoms with Gasteiger partial charge in [0.2, 0.25) is 0 Å². The zero-order valence-corrected chi connectivity index (χ0v) is 19.6. The van der Waals surface area contributed by atoms with E-state index < -0.39 is 5.97 Å². The molecule has 0 saturated carbocycles. The molecule has 0 heterocycles. The highest BCUT2D eigenvalue weighted by atomic mass is 16.5. The third-order valence-corrected chi connectivity index (χ3v) is 5.70. The minimum absolute atomic E-state index is 0.273. The molecule has 34 heavy (non-hydrogen) atoms. The Hall–Kier alpha value is -3.90. The molecule has 6 heteroatoms. The van der Waals surface area contributed by atoms with Crippen molar-refractivity contribution in [1.82, 2.24) is 0 Å². The molecule has 4 rings (SSSR count). The van der Waals surface area contributed by atoms with Crippen molar-refractivity contribution in [3.63, 3.8) is 0 Å². The van der Waals surface area contributed by atoms with E-state index in [0.29, 0.717) is 18.7 Å². The zero-order valence-electron chi connectivity index (χ0n) is 19.6. The van der Waals surface area contributed by atoms with Gasteiger partial charge in [-0.05, 0) is 46.7 Å². The van der Waals surface area contributed by atoms with E-state index in [1.54, 1.807) is 21.1 Å². The van der Waals surface area contributed by atoms with E-state index in [2.05, 4.69) is 17.1 Å². The Morgan fingerprint density at radius 2 is 1.50 bits per heavy atom. The fraction of sp³-hybridized carbons (Fsp3) is 0.214. The van der Waals surface area contributed by atoms with Crippen LogP contribution in [0.2, 0.25) is 0 Å². The van der Waals surface area contributed by atoms with Crippen LogP contribution in [-0.4, -0.2) is 45.6 Å². The van der Waals surface area contributed by atoms with Gasteiger partial charge in [-0.2, -0.15) is 0 Å². The predicted octanol–water partition coefficient (Wildman–Crippen LogP) is 4.99. The average Bonchev–Trinajstić information content (AvgIpc) is 2.87. The van der Waals surface area contributed by atoms with Crippen LogP contribution in [0.4, 0.5) is 0 Å². The second kappa shape index (κ2) is 10.4. The molecule has 0 atom stereocenters. The summed E-state index contributed by atoms with van der Waals surface area (Å²) < 4.78 is 16.8. The molecule has 174 valence electrons. The summed E-state index contributed by atoms with van der Waals surface area (Å²) in [5.74, 6) is 1.03. The van der Waals surface area contributed by atoms with Gasteiger partial charge in [0, 0.05) is 23.2 Å². The largest absolute Gasteiger partial charge is 0.496 e. The van der Waals surface area contributed by atoms with Gasteiger partial charge in [0.15, 0.2) is 5.71 Å². The van der Waals surface area contributed by atoms with Crippen LogP contribution in [0.1, 0.15) is 12.5 Å². The highest BCUT2D eigenvalue weighted by Crippen LogP contribution is 2.45. The van der Waals surface area contributed by atoms with Crippen molar-refractivity contribution in [3.05, 3.63) is 72.3 Å². The van der Waals surface area contributed by atoms with Crippen molar-refractivity contribution in [2.45, 2.75) is 6.92 Å². The third-order valence-electron chi connectivity index (χ3n) is 5.70. The third kappa shape index (κ3) is 4.32. The van der Waals surface area contributed by atoms with Crippen LogP contribution in [0, 0.1) is 0 Å². The molecule has 0 spiro atoms. The number of methoxy groups -OCH3 is 2. The number of nitrogens with two attached hydrogens (primary N) is 1. The molecular weight excluding hydrogens is 428 g/mol. The van der Waals surface area contributed by atoms with Gasteiger partial charge in [0.1, 0.15) is 11.5 Å². The van der Waals surface area contributed by atoms with Gasteiger partial charge in [-0.3, -0.25) is 4.99 Å². The van der Waals surface area contributed by atoms with Gasteiger partial charge in [0.25, 0.3) is 0 Å². The number of aliphatic imine (C=N–C) groups is 1. The molecule has 0 aliphatic rings. The van der Waals surface area contributed by atoms with Crippen molar-refractivity contribution < 1.29 is 19.0 Å². The number of hydrogen-bond acceptors (Lipinski definition) is 6. The molecule has 0 aliphatic carbocycles. The van der Waals surface area contributed by atoms with Crippen LogP contribution in [0.15, 0.2) is 71.7 Å². The number of hydrogen-bond donors (Lipinski definition) is 1. The van der Waals surface area contributed by atoms with Crippen molar-refractivity contribution >= 4 is 33.2 Å². The minimum Gasteiger partial charge on any atom is -0.496 e. The van der Waals surface area contributed by atoms with Gasteiger partial charge in [-0.25, -0.2) is 4.79 Å². The summed E-state index contributed by atoms with van der Waals surface area (Å²) in [5.41, 5.74) is 8.46. The fourth-order valence-electron chi connectivity index (χ4n) is 4.21. The van der Waals surface area contributed by atoms with Crippen molar-refractivity contribution in [2.75, 3.05) is 33.9 Å². The maximum atomic E-state index is 12.6. The van der Waals surface area contributed by atoms with Crippen LogP contribution in [-0.2, 0) is 9.53 Å². The van der Waals surface area contributed by atoms with E-state index in [4.69, 9.17) is 19.9 Å². The molecule has 4 aromatic carbocycles. The van der Waals surface area contributed by atoms with Crippen LogP contribution in [0.5, 0.6) is 11.5 Å². The van der Waals surface area contributed by atoms with Crippen LogP contribution in [0.25, 0.3) is 32.7 Å². The van der Waals surface area contributed by atoms with Crippen molar-refractivity contribution in [3.8, 4) is 22.6 Å². The standard InChI is InChI=1S/C28H28N2O4/c1-4-34-28(31)27(30-16-15-29)20-9-12-22-19(17-20)11-14-24(33-3)26(22)25-21-8-6-5-7-18(21)10-13-23(25)32-2/h5-14,17H,4,15-16,29H2,1-3H3. The molecule has 0 saturated heterocycles. The van der Waals surface area contributed by atoms with Gasteiger partial charge in [-0.1, -0.05) is 48.5 Å². The maximum absolute atomic E-state index is 12.6.